The maximum Gasteiger partial charge on any atom is 0.260 e. The minimum Gasteiger partial charge on any atom is -0.331 e. The summed E-state index contributed by atoms with van der Waals surface area (Å²) in [4.78, 5) is 29.3. The lowest BCUT2D eigenvalue weighted by Crippen LogP contribution is -2.34. The van der Waals surface area contributed by atoms with E-state index in [0.717, 1.165) is 24.1 Å². The molecule has 3 rings (SSSR count). The van der Waals surface area contributed by atoms with Gasteiger partial charge in [0, 0.05) is 12.2 Å². The molecule has 1 N–H and O–H groups in total. The topological polar surface area (TPSA) is 53.2 Å². The van der Waals surface area contributed by atoms with E-state index < -0.39 is 0 Å². The lowest BCUT2D eigenvalue weighted by molar-refractivity contribution is 0.0734. The summed E-state index contributed by atoms with van der Waals surface area (Å²) in [6.45, 7) is 4.56. The number of pyridine rings is 1. The van der Waals surface area contributed by atoms with Crippen molar-refractivity contribution in [3.63, 3.8) is 0 Å². The van der Waals surface area contributed by atoms with Crippen LogP contribution in [0.2, 0.25) is 0 Å². The van der Waals surface area contributed by atoms with Crippen LogP contribution in [0.15, 0.2) is 41.2 Å². The number of amides is 1. The fourth-order valence-corrected chi connectivity index (χ4v) is 3.13. The number of likely N-dealkylation sites (tertiary alicyclic amines) is 1. The summed E-state index contributed by atoms with van der Waals surface area (Å²) < 4.78 is 0. The second-order valence-electron chi connectivity index (χ2n) is 5.95. The Morgan fingerprint density at radius 1 is 1.23 bits per heavy atom. The van der Waals surface area contributed by atoms with Gasteiger partial charge in [-0.3, -0.25) is 9.59 Å². The number of aryl methyl sites for hydroxylation is 2. The number of rotatable bonds is 2. The van der Waals surface area contributed by atoms with Crippen molar-refractivity contribution < 1.29 is 4.79 Å². The molecule has 1 aromatic heterocycles. The zero-order valence-electron chi connectivity index (χ0n) is 12.9. The first-order chi connectivity index (χ1) is 10.6. The quantitative estimate of drug-likeness (QED) is 0.926. The summed E-state index contributed by atoms with van der Waals surface area (Å²) in [6, 6.07) is 11.7. The molecule has 114 valence electrons. The molecule has 0 bridgehead atoms. The molecule has 1 amide bonds. The summed E-state index contributed by atoms with van der Waals surface area (Å²) in [5, 5.41) is 0. The van der Waals surface area contributed by atoms with Crippen LogP contribution in [0, 0.1) is 13.8 Å². The Bertz CT molecular complexity index is 764. The smallest absolute Gasteiger partial charge is 0.260 e. The van der Waals surface area contributed by atoms with Gasteiger partial charge in [0.1, 0.15) is 5.56 Å². The van der Waals surface area contributed by atoms with Crippen LogP contribution in [-0.2, 0) is 0 Å². The number of nitrogens with one attached hydrogen (secondary N) is 1. The van der Waals surface area contributed by atoms with Crippen molar-refractivity contribution in [3.8, 4) is 0 Å². The molecule has 1 fully saturated rings. The van der Waals surface area contributed by atoms with Gasteiger partial charge in [-0.15, -0.1) is 0 Å². The molecule has 1 saturated heterocycles. The predicted molar refractivity (Wildman–Crippen MR) is 86.0 cm³/mol. The Hall–Kier alpha value is -2.36. The number of nitrogens with zero attached hydrogens (tertiary/aromatic N) is 1. The second kappa shape index (κ2) is 5.79. The molecule has 2 aromatic rings. The highest BCUT2D eigenvalue weighted by Crippen LogP contribution is 2.33. The number of hydrogen-bond donors (Lipinski definition) is 1. The average molecular weight is 296 g/mol. The van der Waals surface area contributed by atoms with Gasteiger partial charge in [0.2, 0.25) is 0 Å². The standard InChI is InChI=1S/C18H20N2O2/c1-12-5-3-6-14(11-12)16-7-4-10-20(16)18(22)15-9-8-13(2)19-17(15)21/h3,5-6,8-9,11,16H,4,7,10H2,1-2H3,(H,19,21). The Labute approximate surface area is 129 Å². The maximum absolute atomic E-state index is 12.8. The molecular weight excluding hydrogens is 276 g/mol. The molecule has 2 heterocycles. The van der Waals surface area contributed by atoms with Gasteiger partial charge < -0.3 is 9.88 Å². The molecule has 1 aliphatic heterocycles. The highest BCUT2D eigenvalue weighted by molar-refractivity contribution is 5.94. The van der Waals surface area contributed by atoms with Crippen molar-refractivity contribution in [2.75, 3.05) is 6.54 Å². The molecule has 1 aromatic carbocycles. The number of H-pyrrole nitrogens is 1. The van der Waals surface area contributed by atoms with Gasteiger partial charge in [-0.2, -0.15) is 0 Å². The van der Waals surface area contributed by atoms with E-state index in [-0.39, 0.29) is 23.1 Å². The predicted octanol–water partition coefficient (Wildman–Crippen LogP) is 2.97. The fourth-order valence-electron chi connectivity index (χ4n) is 3.13. The van der Waals surface area contributed by atoms with Crippen LogP contribution in [-0.4, -0.2) is 22.3 Å². The normalized spacial score (nSPS) is 17.7. The summed E-state index contributed by atoms with van der Waals surface area (Å²) in [7, 11) is 0. The van der Waals surface area contributed by atoms with E-state index in [0.29, 0.717) is 6.54 Å². The van der Waals surface area contributed by atoms with Gasteiger partial charge in [-0.25, -0.2) is 0 Å². The van der Waals surface area contributed by atoms with E-state index in [1.54, 1.807) is 19.1 Å². The van der Waals surface area contributed by atoms with E-state index in [2.05, 4.69) is 30.1 Å². The minimum absolute atomic E-state index is 0.0631. The largest absolute Gasteiger partial charge is 0.331 e. The van der Waals surface area contributed by atoms with Crippen LogP contribution in [0.25, 0.3) is 0 Å². The maximum atomic E-state index is 12.8. The van der Waals surface area contributed by atoms with Gasteiger partial charge in [-0.05, 0) is 44.4 Å². The van der Waals surface area contributed by atoms with Crippen molar-refractivity contribution >= 4 is 5.91 Å². The molecule has 0 radical (unpaired) electrons. The van der Waals surface area contributed by atoms with Crippen LogP contribution in [0.1, 0.15) is 46.1 Å². The number of aromatic nitrogens is 1. The van der Waals surface area contributed by atoms with E-state index >= 15 is 0 Å². The van der Waals surface area contributed by atoms with Gasteiger partial charge in [0.25, 0.3) is 11.5 Å². The fraction of sp³-hybridized carbons (Fsp3) is 0.333. The van der Waals surface area contributed by atoms with E-state index in [1.807, 2.05) is 11.0 Å². The lowest BCUT2D eigenvalue weighted by atomic mass is 10.0. The van der Waals surface area contributed by atoms with Crippen molar-refractivity contribution in [1.82, 2.24) is 9.88 Å². The zero-order valence-corrected chi connectivity index (χ0v) is 12.9. The first-order valence-corrected chi connectivity index (χ1v) is 7.64. The third-order valence-corrected chi connectivity index (χ3v) is 4.23. The summed E-state index contributed by atoms with van der Waals surface area (Å²) >= 11 is 0. The third-order valence-electron chi connectivity index (χ3n) is 4.23. The SMILES string of the molecule is Cc1cccc(C2CCCN2C(=O)c2ccc(C)[nH]c2=O)c1. The van der Waals surface area contributed by atoms with E-state index in [1.165, 1.54) is 5.56 Å². The molecule has 1 aliphatic rings. The third kappa shape index (κ3) is 2.69. The van der Waals surface area contributed by atoms with Crippen molar-refractivity contribution in [1.29, 1.82) is 0 Å². The molecule has 4 nitrogen and oxygen atoms in total. The molecule has 4 heteroatoms. The Balaban J connectivity index is 1.93. The Morgan fingerprint density at radius 3 is 2.77 bits per heavy atom. The van der Waals surface area contributed by atoms with Gasteiger partial charge in [0.15, 0.2) is 0 Å². The molecule has 1 atom stereocenters. The molecule has 0 saturated carbocycles. The molecule has 22 heavy (non-hydrogen) atoms. The summed E-state index contributed by atoms with van der Waals surface area (Å²) in [6.07, 6.45) is 1.91. The number of benzene rings is 1. The number of carbonyl (C=O) groups excluding carboxylic acids is 1. The first-order valence-electron chi connectivity index (χ1n) is 7.64. The van der Waals surface area contributed by atoms with Gasteiger partial charge in [-0.1, -0.05) is 29.8 Å². The molecular formula is C18H20N2O2. The van der Waals surface area contributed by atoms with Gasteiger partial charge >= 0.3 is 0 Å². The second-order valence-corrected chi connectivity index (χ2v) is 5.95. The van der Waals surface area contributed by atoms with E-state index in [4.69, 9.17) is 0 Å². The van der Waals surface area contributed by atoms with Crippen LogP contribution < -0.4 is 5.56 Å². The van der Waals surface area contributed by atoms with Crippen LogP contribution in [0.3, 0.4) is 0 Å². The highest BCUT2D eigenvalue weighted by atomic mass is 16.2. The monoisotopic (exact) mass is 296 g/mol. The molecule has 0 aliphatic carbocycles. The first kappa shape index (κ1) is 14.6. The number of carbonyl (C=O) groups is 1. The van der Waals surface area contributed by atoms with Crippen molar-refractivity contribution in [2.24, 2.45) is 0 Å². The van der Waals surface area contributed by atoms with Crippen LogP contribution >= 0.6 is 0 Å². The lowest BCUT2D eigenvalue weighted by Gasteiger charge is -2.25. The Kier molecular flexibility index (Phi) is 3.84. The van der Waals surface area contributed by atoms with Crippen LogP contribution in [0.5, 0.6) is 0 Å². The highest BCUT2D eigenvalue weighted by Gasteiger charge is 2.31. The molecule has 0 spiro atoms. The van der Waals surface area contributed by atoms with Crippen molar-refractivity contribution in [2.45, 2.75) is 32.7 Å². The summed E-state index contributed by atoms with van der Waals surface area (Å²) in [5.41, 5.74) is 3.02. The number of hydrogen-bond acceptors (Lipinski definition) is 2. The minimum atomic E-state index is -0.306. The zero-order chi connectivity index (χ0) is 15.7. The van der Waals surface area contributed by atoms with E-state index in [9.17, 15) is 9.59 Å². The van der Waals surface area contributed by atoms with Crippen molar-refractivity contribution in [3.05, 3.63) is 69.1 Å². The molecule has 1 unspecified atom stereocenters. The Morgan fingerprint density at radius 2 is 2.05 bits per heavy atom. The summed E-state index contributed by atoms with van der Waals surface area (Å²) in [5.74, 6) is -0.176. The van der Waals surface area contributed by atoms with Gasteiger partial charge in [0.05, 0.1) is 6.04 Å². The number of aromatic amines is 1. The van der Waals surface area contributed by atoms with Crippen LogP contribution in [0.4, 0.5) is 0 Å². The average Bonchev–Trinajstić information content (AvgIpc) is 2.96.